The number of fused-ring (bicyclic) bond motifs is 3. The smallest absolute Gasteiger partial charge is 0.255 e. The second-order valence-electron chi connectivity index (χ2n) is 9.95. The van der Waals surface area contributed by atoms with Gasteiger partial charge in [0.25, 0.3) is 5.91 Å². The number of aromatic hydroxyl groups is 1. The molecule has 1 fully saturated rings. The predicted octanol–water partition coefficient (Wildman–Crippen LogP) is 0.307. The molecule has 1 aromatic carbocycles. The molecule has 0 saturated heterocycles. The van der Waals surface area contributed by atoms with Crippen molar-refractivity contribution in [2.45, 2.75) is 30.9 Å². The van der Waals surface area contributed by atoms with Gasteiger partial charge in [-0.25, -0.2) is 0 Å². The van der Waals surface area contributed by atoms with E-state index in [4.69, 9.17) is 16.2 Å². The topological polar surface area (TPSA) is 197 Å². The maximum absolute atomic E-state index is 13.8. The first-order valence-electron chi connectivity index (χ1n) is 11.5. The highest BCUT2D eigenvalue weighted by atomic mass is 16.5. The molecule has 1 aromatic rings. The van der Waals surface area contributed by atoms with Crippen molar-refractivity contribution in [3.05, 3.63) is 45.9 Å². The first-order chi connectivity index (χ1) is 16.9. The highest BCUT2D eigenvalue weighted by molar-refractivity contribution is 6.24. The Kier molecular flexibility index (Phi) is 5.20. The summed E-state index contributed by atoms with van der Waals surface area (Å²) in [5.41, 5.74) is 9.61. The van der Waals surface area contributed by atoms with Gasteiger partial charge in [0.2, 0.25) is 5.78 Å². The molecule has 4 aliphatic rings. The van der Waals surface area contributed by atoms with E-state index in [1.54, 1.807) is 26.4 Å². The minimum absolute atomic E-state index is 0.00522. The summed E-state index contributed by atoms with van der Waals surface area (Å²) in [6.07, 6.45) is 2.38. The molecule has 3 aliphatic carbocycles. The fourth-order valence-corrected chi connectivity index (χ4v) is 6.17. The SMILES string of the molecule is CN(C)[C@@H]1C(=O)C(C(N)=O)=C(O)[C@@]2(O)C(=O)C3=C(O)c4c(cc(C5=COCC5)c(N)c4O)C[C@H]3C[C@@H]12. The van der Waals surface area contributed by atoms with Crippen LogP contribution in [0.15, 0.2) is 29.2 Å². The van der Waals surface area contributed by atoms with Crippen molar-refractivity contribution in [3.63, 3.8) is 0 Å². The second kappa shape index (κ2) is 7.84. The number of carbonyl (C=O) groups is 3. The van der Waals surface area contributed by atoms with Crippen molar-refractivity contribution in [1.82, 2.24) is 4.90 Å². The lowest BCUT2D eigenvalue weighted by Crippen LogP contribution is -2.65. The van der Waals surface area contributed by atoms with Crippen molar-refractivity contribution < 1.29 is 39.5 Å². The van der Waals surface area contributed by atoms with Gasteiger partial charge < -0.3 is 36.6 Å². The van der Waals surface area contributed by atoms with Gasteiger partial charge >= 0.3 is 0 Å². The Balaban J connectivity index is 1.71. The fraction of sp³-hybridized carbons (Fsp3) is 0.400. The molecule has 11 nitrogen and oxygen atoms in total. The number of aliphatic hydroxyl groups is 3. The Labute approximate surface area is 205 Å². The predicted molar refractivity (Wildman–Crippen MR) is 127 cm³/mol. The molecule has 5 rings (SSSR count). The minimum Gasteiger partial charge on any atom is -0.508 e. The van der Waals surface area contributed by atoms with Crippen molar-refractivity contribution in [2.24, 2.45) is 17.6 Å². The Hall–Kier alpha value is -3.83. The summed E-state index contributed by atoms with van der Waals surface area (Å²) in [7, 11) is 3.11. The maximum atomic E-state index is 13.8. The lowest BCUT2D eigenvalue weighted by atomic mass is 9.57. The highest BCUT2D eigenvalue weighted by Crippen LogP contribution is 2.53. The first-order valence-corrected chi connectivity index (χ1v) is 11.5. The molecule has 8 N–H and O–H groups in total. The molecule has 0 aromatic heterocycles. The number of rotatable bonds is 3. The Morgan fingerprint density at radius 1 is 1.22 bits per heavy atom. The number of Topliss-reactive ketones (excluding diaryl/α,β-unsaturated/α-hetero) is 2. The number of anilines is 1. The summed E-state index contributed by atoms with van der Waals surface area (Å²) >= 11 is 0. The van der Waals surface area contributed by atoms with Crippen LogP contribution in [0.5, 0.6) is 5.75 Å². The molecular weight excluding hydrogens is 470 g/mol. The van der Waals surface area contributed by atoms with E-state index in [0.29, 0.717) is 24.2 Å². The molecule has 36 heavy (non-hydrogen) atoms. The second-order valence-corrected chi connectivity index (χ2v) is 9.95. The zero-order valence-electron chi connectivity index (χ0n) is 19.7. The number of likely N-dealkylation sites (N-methyl/N-ethyl adjacent to an activating group) is 1. The number of primary amides is 1. The van der Waals surface area contributed by atoms with Gasteiger partial charge in [-0.1, -0.05) is 0 Å². The number of phenolic OH excluding ortho intramolecular Hbond substituents is 1. The normalized spacial score (nSPS) is 29.6. The van der Waals surface area contributed by atoms with E-state index in [0.717, 1.165) is 5.57 Å². The summed E-state index contributed by atoms with van der Waals surface area (Å²) < 4.78 is 5.29. The lowest BCUT2D eigenvalue weighted by Gasteiger charge is -2.50. The first kappa shape index (κ1) is 23.9. The zero-order valence-corrected chi connectivity index (χ0v) is 19.7. The molecule has 4 atom stereocenters. The fourth-order valence-electron chi connectivity index (χ4n) is 6.17. The van der Waals surface area contributed by atoms with Gasteiger partial charge in [-0.15, -0.1) is 0 Å². The van der Waals surface area contributed by atoms with Gasteiger partial charge in [0, 0.05) is 23.5 Å². The number of nitrogens with two attached hydrogens (primary N) is 2. The number of nitrogen functional groups attached to an aromatic ring is 1. The summed E-state index contributed by atoms with van der Waals surface area (Å²) in [5, 5.41) is 44.6. The van der Waals surface area contributed by atoms with Crippen LogP contribution in [-0.2, 0) is 25.5 Å². The minimum atomic E-state index is -2.67. The van der Waals surface area contributed by atoms with E-state index in [-0.39, 0.29) is 29.7 Å². The van der Waals surface area contributed by atoms with Gasteiger partial charge in [-0.05, 0) is 50.1 Å². The van der Waals surface area contributed by atoms with Crippen LogP contribution in [0.3, 0.4) is 0 Å². The Morgan fingerprint density at radius 2 is 1.92 bits per heavy atom. The van der Waals surface area contributed by atoms with Crippen molar-refractivity contribution >= 4 is 34.5 Å². The molecule has 1 saturated carbocycles. The van der Waals surface area contributed by atoms with E-state index in [2.05, 4.69) is 0 Å². The molecule has 1 amide bonds. The van der Waals surface area contributed by atoms with Gasteiger partial charge in [0.15, 0.2) is 11.4 Å². The molecule has 1 aliphatic heterocycles. The molecule has 0 spiro atoms. The van der Waals surface area contributed by atoms with Crippen LogP contribution in [0.1, 0.15) is 29.5 Å². The van der Waals surface area contributed by atoms with E-state index in [9.17, 15) is 34.8 Å². The number of benzene rings is 1. The number of hydrogen-bond acceptors (Lipinski definition) is 10. The van der Waals surface area contributed by atoms with Crippen LogP contribution in [0.4, 0.5) is 5.69 Å². The maximum Gasteiger partial charge on any atom is 0.255 e. The zero-order chi connectivity index (χ0) is 26.3. The third-order valence-electron chi connectivity index (χ3n) is 7.81. The third-order valence-corrected chi connectivity index (χ3v) is 7.81. The average Bonchev–Trinajstić information content (AvgIpc) is 3.33. The molecule has 11 heteroatoms. The summed E-state index contributed by atoms with van der Waals surface area (Å²) in [6, 6.07) is 0.611. The monoisotopic (exact) mass is 497 g/mol. The van der Waals surface area contributed by atoms with Crippen LogP contribution in [0.25, 0.3) is 11.3 Å². The number of hydrogen-bond donors (Lipinski definition) is 6. The molecule has 0 bridgehead atoms. The van der Waals surface area contributed by atoms with Crippen molar-refractivity contribution in [1.29, 1.82) is 0 Å². The Morgan fingerprint density at radius 3 is 2.50 bits per heavy atom. The van der Waals surface area contributed by atoms with E-state index >= 15 is 0 Å². The number of ketones is 2. The molecule has 190 valence electrons. The number of carbonyl (C=O) groups excluding carboxylic acids is 3. The van der Waals surface area contributed by atoms with Gasteiger partial charge in [0.05, 0.1) is 30.2 Å². The lowest BCUT2D eigenvalue weighted by molar-refractivity contribution is -0.153. The number of amides is 1. The third kappa shape index (κ3) is 2.96. The molecule has 1 heterocycles. The van der Waals surface area contributed by atoms with Crippen LogP contribution in [0.2, 0.25) is 0 Å². The van der Waals surface area contributed by atoms with Crippen LogP contribution in [0, 0.1) is 11.8 Å². The number of aliphatic hydroxyl groups excluding tert-OH is 2. The molecule has 0 radical (unpaired) electrons. The Bertz CT molecular complexity index is 1340. The number of nitrogens with zero attached hydrogens (tertiary/aromatic N) is 1. The van der Waals surface area contributed by atoms with Crippen molar-refractivity contribution in [3.8, 4) is 5.75 Å². The van der Waals surface area contributed by atoms with Gasteiger partial charge in [0.1, 0.15) is 22.8 Å². The number of ether oxygens (including phenoxy) is 1. The quantitative estimate of drug-likeness (QED) is 0.192. The van der Waals surface area contributed by atoms with Crippen LogP contribution >= 0.6 is 0 Å². The van der Waals surface area contributed by atoms with Crippen LogP contribution < -0.4 is 11.5 Å². The summed E-state index contributed by atoms with van der Waals surface area (Å²) in [4.78, 5) is 40.4. The number of phenols is 1. The largest absolute Gasteiger partial charge is 0.508 e. The van der Waals surface area contributed by atoms with Crippen molar-refractivity contribution in [2.75, 3.05) is 26.4 Å². The standard InChI is InChI=1S/C25H27N3O8/c1-28(2)18-13-7-11-5-10-6-12(9-3-4-36-8-9)17(26)20(30)14(10)19(29)15(11)22(32)25(13,35)23(33)16(21(18)31)24(27)34/h6,8,11,13,18,29-30,33,35H,3-5,7,26H2,1-2H3,(H2,27,34)/t11-,13-,18-,25-/m0/s1. The van der Waals surface area contributed by atoms with Crippen LogP contribution in [-0.4, -0.2) is 75.1 Å². The summed E-state index contributed by atoms with van der Waals surface area (Å²) in [6.45, 7) is 0.476. The van der Waals surface area contributed by atoms with E-state index in [1.807, 2.05) is 0 Å². The highest BCUT2D eigenvalue weighted by Gasteiger charge is 2.64. The molecule has 0 unspecified atom stereocenters. The van der Waals surface area contributed by atoms with E-state index in [1.165, 1.54) is 4.90 Å². The van der Waals surface area contributed by atoms with Gasteiger partial charge in [-0.2, -0.15) is 0 Å². The summed E-state index contributed by atoms with van der Waals surface area (Å²) in [5.74, 6) is -6.99. The van der Waals surface area contributed by atoms with Gasteiger partial charge in [-0.3, -0.25) is 19.3 Å². The average molecular weight is 498 g/mol. The van der Waals surface area contributed by atoms with E-state index < -0.39 is 63.8 Å². The molecular formula is C25H27N3O8.